The number of carbonyl (C=O) groups is 2. The highest BCUT2D eigenvalue weighted by atomic mass is 35.5. The van der Waals surface area contributed by atoms with Gasteiger partial charge >= 0.3 is 0 Å². The maximum Gasteiger partial charge on any atom is 0.242 e. The number of methoxy groups -OCH3 is 1. The maximum atomic E-state index is 14.2. The number of hydrogen-bond donors (Lipinski definition) is 1. The van der Waals surface area contributed by atoms with Crippen LogP contribution in [0.25, 0.3) is 0 Å². The lowest BCUT2D eigenvalue weighted by molar-refractivity contribution is -0.140. The molecule has 0 aliphatic carbocycles. The summed E-state index contributed by atoms with van der Waals surface area (Å²) >= 11 is 6.10. The number of benzene rings is 2. The smallest absolute Gasteiger partial charge is 0.242 e. The molecule has 2 rings (SSSR count). The minimum atomic E-state index is -0.747. The minimum absolute atomic E-state index is 0.0188. The molecule has 30 heavy (non-hydrogen) atoms. The summed E-state index contributed by atoms with van der Waals surface area (Å²) < 4.78 is 19.5. The number of halogens is 2. The number of rotatable bonds is 9. The number of carbonyl (C=O) groups excluding carboxylic acids is 2. The molecule has 2 aromatic carbocycles. The summed E-state index contributed by atoms with van der Waals surface area (Å²) in [5, 5.41) is 3.08. The average Bonchev–Trinajstić information content (AvgIpc) is 2.74. The van der Waals surface area contributed by atoms with Crippen LogP contribution in [-0.2, 0) is 22.6 Å². The van der Waals surface area contributed by atoms with Gasteiger partial charge < -0.3 is 15.0 Å². The molecule has 7 heteroatoms. The van der Waals surface area contributed by atoms with Crippen LogP contribution in [0.15, 0.2) is 42.5 Å². The molecule has 162 valence electrons. The second-order valence-corrected chi connectivity index (χ2v) is 7.65. The highest BCUT2D eigenvalue weighted by Crippen LogP contribution is 2.22. The van der Waals surface area contributed by atoms with Gasteiger partial charge in [0.25, 0.3) is 0 Å². The summed E-state index contributed by atoms with van der Waals surface area (Å²) in [5.74, 6) is -0.556. The predicted octanol–water partition coefficient (Wildman–Crippen LogP) is 4.36. The van der Waals surface area contributed by atoms with Crippen LogP contribution < -0.4 is 10.1 Å². The van der Waals surface area contributed by atoms with E-state index in [1.54, 1.807) is 32.2 Å². The molecule has 0 aliphatic rings. The van der Waals surface area contributed by atoms with Gasteiger partial charge in [0.1, 0.15) is 17.6 Å². The normalized spacial score (nSPS) is 12.7. The molecular weight excluding hydrogens is 407 g/mol. The first-order chi connectivity index (χ1) is 14.3. The Kier molecular flexibility index (Phi) is 8.66. The molecule has 0 spiro atoms. The lowest BCUT2D eigenvalue weighted by Gasteiger charge is -2.30. The number of nitrogens with one attached hydrogen (secondary N) is 1. The fourth-order valence-electron chi connectivity index (χ4n) is 2.97. The third-order valence-corrected chi connectivity index (χ3v) is 5.40. The Hall–Kier alpha value is -2.60. The fraction of sp³-hybridized carbons (Fsp3) is 0.391. The van der Waals surface area contributed by atoms with E-state index in [2.05, 4.69) is 5.32 Å². The molecule has 2 aromatic rings. The largest absolute Gasteiger partial charge is 0.497 e. The Morgan fingerprint density at radius 1 is 1.20 bits per heavy atom. The van der Waals surface area contributed by atoms with Gasteiger partial charge in [-0.25, -0.2) is 4.39 Å². The van der Waals surface area contributed by atoms with Crippen LogP contribution in [0.2, 0.25) is 5.02 Å². The van der Waals surface area contributed by atoms with E-state index in [0.717, 1.165) is 12.0 Å². The van der Waals surface area contributed by atoms with Gasteiger partial charge in [-0.3, -0.25) is 9.59 Å². The summed E-state index contributed by atoms with van der Waals surface area (Å²) in [6.07, 6.45) is 0.531. The van der Waals surface area contributed by atoms with E-state index in [4.69, 9.17) is 16.3 Å². The molecule has 0 unspecified atom stereocenters. The standard InChI is InChI=1S/C23H28ClFN2O3/c1-5-15(2)26-23(29)16(3)27(14-17-8-6-9-18(12-17)30-4)22(28)13-19-20(24)10-7-11-21(19)25/h6-12,15-16H,5,13-14H2,1-4H3,(H,26,29)/t15-,16+/m0/s1. The van der Waals surface area contributed by atoms with E-state index in [-0.39, 0.29) is 35.5 Å². The summed E-state index contributed by atoms with van der Waals surface area (Å²) in [5.41, 5.74) is 0.917. The van der Waals surface area contributed by atoms with Crippen LogP contribution in [0.4, 0.5) is 4.39 Å². The van der Waals surface area contributed by atoms with Gasteiger partial charge in [0, 0.05) is 23.2 Å². The Bertz CT molecular complexity index is 870. The van der Waals surface area contributed by atoms with Crippen molar-refractivity contribution in [3.8, 4) is 5.75 Å². The third kappa shape index (κ3) is 6.20. The van der Waals surface area contributed by atoms with Gasteiger partial charge in [-0.05, 0) is 50.1 Å². The molecule has 0 heterocycles. The van der Waals surface area contributed by atoms with Crippen LogP contribution in [0.5, 0.6) is 5.75 Å². The summed E-state index contributed by atoms with van der Waals surface area (Å²) in [4.78, 5) is 27.3. The first-order valence-corrected chi connectivity index (χ1v) is 10.3. The average molecular weight is 435 g/mol. The topological polar surface area (TPSA) is 58.6 Å². The molecule has 0 radical (unpaired) electrons. The molecule has 0 aliphatic heterocycles. The summed E-state index contributed by atoms with van der Waals surface area (Å²) in [7, 11) is 1.56. The molecule has 0 saturated carbocycles. The summed E-state index contributed by atoms with van der Waals surface area (Å²) in [6, 6.07) is 10.8. The number of hydrogen-bond acceptors (Lipinski definition) is 3. The second kappa shape index (κ2) is 11.0. The maximum absolute atomic E-state index is 14.2. The van der Waals surface area contributed by atoms with E-state index in [1.165, 1.54) is 17.0 Å². The Morgan fingerprint density at radius 3 is 2.53 bits per heavy atom. The molecule has 2 atom stereocenters. The third-order valence-electron chi connectivity index (χ3n) is 5.05. The van der Waals surface area contributed by atoms with Gasteiger partial charge in [0.15, 0.2) is 0 Å². The molecule has 0 aromatic heterocycles. The van der Waals surface area contributed by atoms with E-state index < -0.39 is 17.8 Å². The van der Waals surface area contributed by atoms with Crippen molar-refractivity contribution in [2.24, 2.45) is 0 Å². The van der Waals surface area contributed by atoms with E-state index in [9.17, 15) is 14.0 Å². The van der Waals surface area contributed by atoms with Crippen LogP contribution in [-0.4, -0.2) is 35.9 Å². The van der Waals surface area contributed by atoms with E-state index >= 15 is 0 Å². The number of nitrogens with zero attached hydrogens (tertiary/aromatic N) is 1. The summed E-state index contributed by atoms with van der Waals surface area (Å²) in [6.45, 7) is 5.71. The van der Waals surface area contributed by atoms with Crippen molar-refractivity contribution in [2.75, 3.05) is 7.11 Å². The van der Waals surface area contributed by atoms with Gasteiger partial charge in [-0.15, -0.1) is 0 Å². The van der Waals surface area contributed by atoms with Crippen LogP contribution in [0, 0.1) is 5.82 Å². The zero-order chi connectivity index (χ0) is 22.3. The molecule has 5 nitrogen and oxygen atoms in total. The quantitative estimate of drug-likeness (QED) is 0.637. The number of amides is 2. The van der Waals surface area contributed by atoms with Crippen LogP contribution >= 0.6 is 11.6 Å². The highest BCUT2D eigenvalue weighted by molar-refractivity contribution is 6.31. The number of ether oxygens (including phenoxy) is 1. The molecule has 0 saturated heterocycles. The van der Waals surface area contributed by atoms with Gasteiger partial charge in [-0.2, -0.15) is 0 Å². The van der Waals surface area contributed by atoms with Crippen molar-refractivity contribution in [3.05, 3.63) is 64.4 Å². The van der Waals surface area contributed by atoms with Crippen molar-refractivity contribution < 1.29 is 18.7 Å². The molecular formula is C23H28ClFN2O3. The van der Waals surface area contributed by atoms with Crippen molar-refractivity contribution in [1.82, 2.24) is 10.2 Å². The van der Waals surface area contributed by atoms with Gasteiger partial charge in [0.05, 0.1) is 13.5 Å². The molecule has 0 fully saturated rings. The van der Waals surface area contributed by atoms with Crippen molar-refractivity contribution in [1.29, 1.82) is 0 Å². The van der Waals surface area contributed by atoms with Crippen molar-refractivity contribution in [2.45, 2.75) is 52.2 Å². The minimum Gasteiger partial charge on any atom is -0.497 e. The molecule has 0 bridgehead atoms. The molecule has 1 N–H and O–H groups in total. The lowest BCUT2D eigenvalue weighted by atomic mass is 10.1. The van der Waals surface area contributed by atoms with Gasteiger partial charge in [0.2, 0.25) is 11.8 Å². The zero-order valence-electron chi connectivity index (χ0n) is 17.7. The fourth-order valence-corrected chi connectivity index (χ4v) is 3.20. The first kappa shape index (κ1) is 23.7. The van der Waals surface area contributed by atoms with Gasteiger partial charge in [-0.1, -0.05) is 36.7 Å². The lowest BCUT2D eigenvalue weighted by Crippen LogP contribution is -2.50. The Balaban J connectivity index is 2.31. The Labute approximate surface area is 182 Å². The highest BCUT2D eigenvalue weighted by Gasteiger charge is 2.28. The van der Waals surface area contributed by atoms with Crippen LogP contribution in [0.1, 0.15) is 38.3 Å². The van der Waals surface area contributed by atoms with E-state index in [1.807, 2.05) is 26.0 Å². The monoisotopic (exact) mass is 434 g/mol. The molecule has 2 amide bonds. The van der Waals surface area contributed by atoms with Crippen molar-refractivity contribution >= 4 is 23.4 Å². The SMILES string of the molecule is CC[C@H](C)NC(=O)[C@@H](C)N(Cc1cccc(OC)c1)C(=O)Cc1c(F)cccc1Cl. The first-order valence-electron chi connectivity index (χ1n) is 9.92. The predicted molar refractivity (Wildman–Crippen MR) is 116 cm³/mol. The Morgan fingerprint density at radius 2 is 1.90 bits per heavy atom. The van der Waals surface area contributed by atoms with Crippen LogP contribution in [0.3, 0.4) is 0 Å². The zero-order valence-corrected chi connectivity index (χ0v) is 18.5. The second-order valence-electron chi connectivity index (χ2n) is 7.24. The van der Waals surface area contributed by atoms with E-state index in [0.29, 0.717) is 5.75 Å². The van der Waals surface area contributed by atoms with Crippen molar-refractivity contribution in [3.63, 3.8) is 0 Å².